The lowest BCUT2D eigenvalue weighted by molar-refractivity contribution is -0.127. The first-order chi connectivity index (χ1) is 20.7. The van der Waals surface area contributed by atoms with Gasteiger partial charge >= 0.3 is 0 Å². The van der Waals surface area contributed by atoms with E-state index in [1.165, 1.54) is 5.56 Å². The summed E-state index contributed by atoms with van der Waals surface area (Å²) in [6, 6.07) is 18.3. The summed E-state index contributed by atoms with van der Waals surface area (Å²) in [4.78, 5) is 28.3. The van der Waals surface area contributed by atoms with E-state index in [9.17, 15) is 4.79 Å². The molecular formula is C34H43N5O3. The Bertz CT molecular complexity index is 1270. The van der Waals surface area contributed by atoms with Crippen LogP contribution in [0.1, 0.15) is 36.8 Å². The van der Waals surface area contributed by atoms with Crippen molar-refractivity contribution in [3.63, 3.8) is 0 Å². The fourth-order valence-electron chi connectivity index (χ4n) is 5.73. The van der Waals surface area contributed by atoms with Gasteiger partial charge in [-0.3, -0.25) is 9.69 Å². The van der Waals surface area contributed by atoms with Crippen LogP contribution in [0.2, 0.25) is 0 Å². The molecule has 0 atom stereocenters. The molecule has 1 aromatic heterocycles. The van der Waals surface area contributed by atoms with Crippen molar-refractivity contribution in [1.82, 2.24) is 19.8 Å². The average Bonchev–Trinajstić information content (AvgIpc) is 3.05. The van der Waals surface area contributed by atoms with Crippen LogP contribution in [0.15, 0.2) is 73.1 Å². The van der Waals surface area contributed by atoms with Gasteiger partial charge in [0.15, 0.2) is 11.5 Å². The van der Waals surface area contributed by atoms with E-state index in [4.69, 9.17) is 9.47 Å². The van der Waals surface area contributed by atoms with E-state index < -0.39 is 0 Å². The number of piperazine rings is 1. The summed E-state index contributed by atoms with van der Waals surface area (Å²) in [5.74, 6) is 2.96. The van der Waals surface area contributed by atoms with E-state index in [0.29, 0.717) is 18.3 Å². The van der Waals surface area contributed by atoms with Crippen LogP contribution < -0.4 is 14.4 Å². The van der Waals surface area contributed by atoms with Crippen LogP contribution in [-0.4, -0.2) is 85.2 Å². The molecule has 2 saturated heterocycles. The summed E-state index contributed by atoms with van der Waals surface area (Å²) < 4.78 is 11.6. The molecular weight excluding hydrogens is 526 g/mol. The molecule has 0 N–H and O–H groups in total. The summed E-state index contributed by atoms with van der Waals surface area (Å²) in [5, 5.41) is 0. The van der Waals surface area contributed by atoms with Gasteiger partial charge < -0.3 is 19.3 Å². The zero-order chi connectivity index (χ0) is 29.0. The normalized spacial score (nSPS) is 16.6. The van der Waals surface area contributed by atoms with Gasteiger partial charge in [-0.25, -0.2) is 9.97 Å². The molecule has 0 saturated carbocycles. The standard InChI is InChI=1S/C34H43N5O3/c1-41-32-27-29(11-13-33(40)38-19-14-30(15-20-38)26-28-8-3-2-4-9-28)10-12-31(32)42-25-6-5-18-37-21-23-39(24-22-37)34-35-16-7-17-36-34/h2-4,7-13,16-17,27,30H,5-6,14-15,18-26H2,1H3/b13-11+. The van der Waals surface area contributed by atoms with Gasteiger partial charge in [0.1, 0.15) is 0 Å². The van der Waals surface area contributed by atoms with Crippen LogP contribution in [0.5, 0.6) is 11.5 Å². The van der Waals surface area contributed by atoms with Crippen molar-refractivity contribution in [2.75, 3.05) is 64.4 Å². The lowest BCUT2D eigenvalue weighted by atomic mass is 9.90. The number of carbonyl (C=O) groups is 1. The van der Waals surface area contributed by atoms with Crippen LogP contribution in [0.25, 0.3) is 6.08 Å². The molecule has 3 heterocycles. The molecule has 2 aliphatic heterocycles. The first-order valence-corrected chi connectivity index (χ1v) is 15.2. The summed E-state index contributed by atoms with van der Waals surface area (Å²) >= 11 is 0. The Kier molecular flexibility index (Phi) is 10.8. The average molecular weight is 570 g/mol. The number of carbonyl (C=O) groups excluding carboxylic acids is 1. The summed E-state index contributed by atoms with van der Waals surface area (Å²) in [6.45, 7) is 7.29. The molecule has 222 valence electrons. The maximum absolute atomic E-state index is 12.8. The first kappa shape index (κ1) is 29.6. The number of unbranched alkanes of at least 4 members (excludes halogenated alkanes) is 1. The van der Waals surface area contributed by atoms with Crippen LogP contribution >= 0.6 is 0 Å². The van der Waals surface area contributed by atoms with E-state index in [2.05, 4.69) is 50.1 Å². The molecule has 0 spiro atoms. The van der Waals surface area contributed by atoms with E-state index in [1.54, 1.807) is 25.6 Å². The van der Waals surface area contributed by atoms with Gasteiger partial charge in [0.2, 0.25) is 11.9 Å². The lowest BCUT2D eigenvalue weighted by Gasteiger charge is -2.34. The number of amides is 1. The Morgan fingerprint density at radius 3 is 2.40 bits per heavy atom. The Balaban J connectivity index is 0.998. The van der Waals surface area contributed by atoms with Crippen molar-refractivity contribution in [2.24, 2.45) is 5.92 Å². The third kappa shape index (κ3) is 8.55. The van der Waals surface area contributed by atoms with Crippen molar-refractivity contribution in [1.29, 1.82) is 0 Å². The van der Waals surface area contributed by atoms with Crippen LogP contribution in [0.3, 0.4) is 0 Å². The summed E-state index contributed by atoms with van der Waals surface area (Å²) in [5.41, 5.74) is 2.31. The molecule has 2 fully saturated rings. The van der Waals surface area contributed by atoms with Crippen LogP contribution in [0, 0.1) is 5.92 Å². The van der Waals surface area contributed by atoms with Gasteiger partial charge in [0.05, 0.1) is 13.7 Å². The van der Waals surface area contributed by atoms with Gasteiger partial charge in [0.25, 0.3) is 0 Å². The Morgan fingerprint density at radius 2 is 1.67 bits per heavy atom. The third-order valence-corrected chi connectivity index (χ3v) is 8.23. The highest BCUT2D eigenvalue weighted by Crippen LogP contribution is 2.29. The molecule has 8 nitrogen and oxygen atoms in total. The van der Waals surface area contributed by atoms with Crippen LogP contribution in [0.4, 0.5) is 5.95 Å². The van der Waals surface area contributed by atoms with Crippen molar-refractivity contribution >= 4 is 17.9 Å². The van der Waals surface area contributed by atoms with Gasteiger partial charge in [0, 0.05) is 57.7 Å². The fourth-order valence-corrected chi connectivity index (χ4v) is 5.73. The minimum atomic E-state index is 0.0715. The van der Waals surface area contributed by atoms with Gasteiger partial charge in [-0.2, -0.15) is 0 Å². The minimum Gasteiger partial charge on any atom is -0.493 e. The number of ether oxygens (including phenoxy) is 2. The quantitative estimate of drug-likeness (QED) is 0.226. The molecule has 2 aliphatic rings. The number of likely N-dealkylation sites (tertiary alicyclic amines) is 1. The number of methoxy groups -OCH3 is 1. The minimum absolute atomic E-state index is 0.0715. The predicted molar refractivity (Wildman–Crippen MR) is 167 cm³/mol. The molecule has 42 heavy (non-hydrogen) atoms. The third-order valence-electron chi connectivity index (χ3n) is 8.23. The smallest absolute Gasteiger partial charge is 0.246 e. The molecule has 5 rings (SSSR count). The highest BCUT2D eigenvalue weighted by Gasteiger charge is 2.22. The molecule has 3 aromatic rings. The van der Waals surface area contributed by atoms with E-state index >= 15 is 0 Å². The van der Waals surface area contributed by atoms with Crippen molar-refractivity contribution in [3.8, 4) is 11.5 Å². The second-order valence-corrected chi connectivity index (χ2v) is 11.1. The maximum Gasteiger partial charge on any atom is 0.246 e. The summed E-state index contributed by atoms with van der Waals surface area (Å²) in [6.07, 6.45) is 12.4. The molecule has 2 aromatic carbocycles. The lowest BCUT2D eigenvalue weighted by Crippen LogP contribution is -2.47. The molecule has 8 heteroatoms. The van der Waals surface area contributed by atoms with Crippen LogP contribution in [-0.2, 0) is 11.2 Å². The zero-order valence-corrected chi connectivity index (χ0v) is 24.7. The molecule has 0 unspecified atom stereocenters. The predicted octanol–water partition coefficient (Wildman–Crippen LogP) is 4.96. The number of benzene rings is 2. The van der Waals surface area contributed by atoms with Gasteiger partial charge in [-0.15, -0.1) is 0 Å². The van der Waals surface area contributed by atoms with E-state index in [0.717, 1.165) is 95.2 Å². The monoisotopic (exact) mass is 569 g/mol. The SMILES string of the molecule is COc1cc(/C=C/C(=O)N2CCC(Cc3ccccc3)CC2)ccc1OCCCCN1CCN(c2ncccn2)CC1. The number of anilines is 1. The zero-order valence-electron chi connectivity index (χ0n) is 24.7. The Labute approximate surface area is 250 Å². The molecule has 1 amide bonds. The molecule has 0 radical (unpaired) electrons. The number of piperidine rings is 1. The summed E-state index contributed by atoms with van der Waals surface area (Å²) in [7, 11) is 1.65. The first-order valence-electron chi connectivity index (χ1n) is 15.2. The van der Waals surface area contributed by atoms with E-state index in [1.807, 2.05) is 35.2 Å². The van der Waals surface area contributed by atoms with Crippen molar-refractivity contribution in [2.45, 2.75) is 32.1 Å². The Morgan fingerprint density at radius 1 is 0.905 bits per heavy atom. The van der Waals surface area contributed by atoms with E-state index in [-0.39, 0.29) is 5.91 Å². The second kappa shape index (κ2) is 15.4. The van der Waals surface area contributed by atoms with Crippen molar-refractivity contribution < 1.29 is 14.3 Å². The number of nitrogens with zero attached hydrogens (tertiary/aromatic N) is 5. The number of aromatic nitrogens is 2. The largest absolute Gasteiger partial charge is 0.493 e. The maximum atomic E-state index is 12.8. The molecule has 0 aliphatic carbocycles. The number of hydrogen-bond acceptors (Lipinski definition) is 7. The van der Waals surface area contributed by atoms with Crippen molar-refractivity contribution in [3.05, 3.63) is 84.2 Å². The fraction of sp³-hybridized carbons (Fsp3) is 0.441. The highest BCUT2D eigenvalue weighted by molar-refractivity contribution is 5.92. The highest BCUT2D eigenvalue weighted by atomic mass is 16.5. The molecule has 0 bridgehead atoms. The topological polar surface area (TPSA) is 71.0 Å². The number of rotatable bonds is 12. The number of hydrogen-bond donors (Lipinski definition) is 0. The van der Waals surface area contributed by atoms with Gasteiger partial charge in [-0.05, 0) is 80.0 Å². The Hall–Kier alpha value is -3.91. The van der Waals surface area contributed by atoms with Gasteiger partial charge in [-0.1, -0.05) is 36.4 Å². The second-order valence-electron chi connectivity index (χ2n) is 11.1.